The number of carbonyl (C=O) groups excluding carboxylic acids is 2. The summed E-state index contributed by atoms with van der Waals surface area (Å²) in [4.78, 5) is 27.9. The molecule has 1 N–H and O–H groups in total. The van der Waals surface area contributed by atoms with Crippen molar-refractivity contribution in [3.05, 3.63) is 76.5 Å². The Morgan fingerprint density at radius 3 is 2.57 bits per heavy atom. The Kier molecular flexibility index (Phi) is 7.73. The Labute approximate surface area is 220 Å². The Morgan fingerprint density at radius 2 is 1.92 bits per heavy atom. The summed E-state index contributed by atoms with van der Waals surface area (Å²) < 4.78 is 30.7. The zero-order chi connectivity index (χ0) is 26.9. The van der Waals surface area contributed by atoms with Crippen LogP contribution in [0.25, 0.3) is 5.69 Å². The number of rotatable bonds is 6. The van der Waals surface area contributed by atoms with Crippen LogP contribution in [0.5, 0.6) is 0 Å². The Bertz CT molecular complexity index is 1330. The van der Waals surface area contributed by atoms with Crippen molar-refractivity contribution >= 4 is 29.4 Å². The van der Waals surface area contributed by atoms with Gasteiger partial charge in [0, 0.05) is 29.2 Å². The number of para-hydroxylation sites is 1. The van der Waals surface area contributed by atoms with Gasteiger partial charge in [-0.2, -0.15) is 5.10 Å². The summed E-state index contributed by atoms with van der Waals surface area (Å²) in [7, 11) is 0. The van der Waals surface area contributed by atoms with Crippen LogP contribution in [0.4, 0.5) is 14.6 Å². The molecule has 0 aliphatic carbocycles. The van der Waals surface area contributed by atoms with Gasteiger partial charge in [0.25, 0.3) is 0 Å². The molecule has 0 saturated carbocycles. The first-order valence-electron chi connectivity index (χ1n) is 12.4. The van der Waals surface area contributed by atoms with Crippen molar-refractivity contribution in [1.29, 1.82) is 0 Å². The van der Waals surface area contributed by atoms with E-state index in [2.05, 4.69) is 5.32 Å². The maximum absolute atomic E-state index is 15.2. The maximum atomic E-state index is 15.2. The minimum absolute atomic E-state index is 0.0224. The van der Waals surface area contributed by atoms with Crippen LogP contribution in [-0.2, 0) is 15.0 Å². The molecule has 37 heavy (non-hydrogen) atoms. The number of nitrogens with zero attached hydrogens (tertiary/aromatic N) is 3. The zero-order valence-electron chi connectivity index (χ0n) is 21.8. The van der Waals surface area contributed by atoms with Crippen molar-refractivity contribution < 1.29 is 18.4 Å². The van der Waals surface area contributed by atoms with Crippen molar-refractivity contribution in [3.8, 4) is 5.69 Å². The van der Waals surface area contributed by atoms with Crippen LogP contribution >= 0.6 is 11.8 Å². The van der Waals surface area contributed by atoms with E-state index >= 15 is 4.39 Å². The predicted molar refractivity (Wildman–Crippen MR) is 143 cm³/mol. The first kappa shape index (κ1) is 26.9. The average Bonchev–Trinajstić information content (AvgIpc) is 3.17. The molecule has 1 aliphatic heterocycles. The van der Waals surface area contributed by atoms with Crippen LogP contribution in [0.3, 0.4) is 0 Å². The van der Waals surface area contributed by atoms with Gasteiger partial charge >= 0.3 is 0 Å². The van der Waals surface area contributed by atoms with Crippen molar-refractivity contribution in [2.45, 2.75) is 51.7 Å². The van der Waals surface area contributed by atoms with Crippen LogP contribution in [0.2, 0.25) is 0 Å². The van der Waals surface area contributed by atoms with Crippen LogP contribution in [0, 0.1) is 18.6 Å². The number of aromatic nitrogens is 2. The van der Waals surface area contributed by atoms with E-state index in [0.717, 1.165) is 23.7 Å². The summed E-state index contributed by atoms with van der Waals surface area (Å²) in [6.45, 7) is 10.2. The van der Waals surface area contributed by atoms with Crippen molar-refractivity contribution in [2.75, 3.05) is 23.7 Å². The molecule has 1 atom stereocenters. The van der Waals surface area contributed by atoms with Crippen LogP contribution in [0.1, 0.15) is 61.7 Å². The minimum Gasteiger partial charge on any atom is -0.355 e. The third-order valence-corrected chi connectivity index (χ3v) is 7.50. The molecule has 1 unspecified atom stereocenters. The number of aryl methyl sites for hydroxylation is 1. The molecule has 0 spiro atoms. The van der Waals surface area contributed by atoms with Gasteiger partial charge in [-0.25, -0.2) is 13.5 Å². The number of anilines is 1. The van der Waals surface area contributed by atoms with Gasteiger partial charge in [-0.05, 0) is 31.0 Å². The number of nitrogens with one attached hydrogen (secondary N) is 1. The number of amides is 2. The number of hydrogen-bond donors (Lipinski definition) is 1. The van der Waals surface area contributed by atoms with E-state index in [1.807, 2.05) is 58.9 Å². The largest absolute Gasteiger partial charge is 0.355 e. The van der Waals surface area contributed by atoms with E-state index in [-0.39, 0.29) is 29.7 Å². The normalized spacial score (nSPS) is 15.9. The number of fused-ring (bicyclic) bond motifs is 1. The summed E-state index contributed by atoms with van der Waals surface area (Å²) in [6.07, 6.45) is 0.766. The van der Waals surface area contributed by atoms with Crippen LogP contribution in [-0.4, -0.2) is 40.4 Å². The lowest BCUT2D eigenvalue weighted by Gasteiger charge is -2.25. The van der Waals surface area contributed by atoms with Gasteiger partial charge in [-0.1, -0.05) is 52.0 Å². The van der Waals surface area contributed by atoms with Gasteiger partial charge < -0.3 is 5.32 Å². The molecule has 2 heterocycles. The van der Waals surface area contributed by atoms with Gasteiger partial charge in [0.2, 0.25) is 11.8 Å². The molecule has 3 aromatic rings. The SMILES string of the molecule is CCCNC(=O)CN1C(=O)CSC(c2ccc(F)cc2F)c2c(C(C)(C)C)nn(-c3ccccc3C)c21. The average molecular weight is 527 g/mol. The highest BCUT2D eigenvalue weighted by Gasteiger charge is 2.40. The van der Waals surface area contributed by atoms with E-state index in [1.165, 1.54) is 28.8 Å². The molecule has 1 aliphatic rings. The molecular weight excluding hydrogens is 494 g/mol. The smallest absolute Gasteiger partial charge is 0.240 e. The summed E-state index contributed by atoms with van der Waals surface area (Å²) >= 11 is 1.26. The summed E-state index contributed by atoms with van der Waals surface area (Å²) in [5.74, 6) is -1.46. The topological polar surface area (TPSA) is 67.2 Å². The third-order valence-electron chi connectivity index (χ3n) is 6.26. The molecule has 6 nitrogen and oxygen atoms in total. The van der Waals surface area contributed by atoms with Crippen molar-refractivity contribution in [1.82, 2.24) is 15.1 Å². The van der Waals surface area contributed by atoms with Crippen LogP contribution < -0.4 is 10.2 Å². The standard InChI is InChI=1S/C28H32F2N4O2S/c1-6-13-31-22(35)15-33-23(36)16-37-25(19-12-11-18(29)14-20(19)30)24-26(28(3,4)5)32-34(27(24)33)21-10-8-7-9-17(21)2/h7-12,14,25H,6,13,15-16H2,1-5H3,(H,31,35). The number of halogens is 2. The maximum Gasteiger partial charge on any atom is 0.240 e. The van der Waals surface area contributed by atoms with Gasteiger partial charge in [0.1, 0.15) is 24.0 Å². The molecule has 0 fully saturated rings. The van der Waals surface area contributed by atoms with Crippen molar-refractivity contribution in [3.63, 3.8) is 0 Å². The summed E-state index contributed by atoms with van der Waals surface area (Å²) in [6, 6.07) is 11.2. The molecule has 0 radical (unpaired) electrons. The van der Waals surface area contributed by atoms with E-state index in [4.69, 9.17) is 5.10 Å². The number of carbonyl (C=O) groups is 2. The van der Waals surface area contributed by atoms with E-state index in [1.54, 1.807) is 4.68 Å². The highest BCUT2D eigenvalue weighted by Crippen LogP contribution is 2.49. The highest BCUT2D eigenvalue weighted by molar-refractivity contribution is 8.00. The second-order valence-corrected chi connectivity index (χ2v) is 11.3. The number of benzene rings is 2. The molecule has 196 valence electrons. The van der Waals surface area contributed by atoms with Gasteiger partial charge in [0.05, 0.1) is 22.4 Å². The first-order valence-corrected chi connectivity index (χ1v) is 13.4. The van der Waals surface area contributed by atoms with E-state index in [9.17, 15) is 14.0 Å². The molecular formula is C28H32F2N4O2S. The first-order chi connectivity index (χ1) is 17.5. The Hall–Kier alpha value is -3.20. The summed E-state index contributed by atoms with van der Waals surface area (Å²) in [5.41, 5.74) is 2.81. The molecule has 2 aromatic carbocycles. The lowest BCUT2D eigenvalue weighted by Crippen LogP contribution is -2.42. The van der Waals surface area contributed by atoms with Gasteiger partial charge in [-0.15, -0.1) is 11.8 Å². The van der Waals surface area contributed by atoms with E-state index < -0.39 is 22.3 Å². The summed E-state index contributed by atoms with van der Waals surface area (Å²) in [5, 5.41) is 7.21. The minimum atomic E-state index is -0.687. The lowest BCUT2D eigenvalue weighted by molar-refractivity contribution is -0.122. The third kappa shape index (κ3) is 5.42. The Balaban J connectivity index is 2.03. The molecule has 0 bridgehead atoms. The quantitative estimate of drug-likeness (QED) is 0.464. The van der Waals surface area contributed by atoms with E-state index in [0.29, 0.717) is 23.6 Å². The fourth-order valence-electron chi connectivity index (χ4n) is 4.47. The molecule has 2 amide bonds. The second-order valence-electron chi connectivity index (χ2n) is 10.2. The lowest BCUT2D eigenvalue weighted by atomic mass is 9.87. The Morgan fingerprint density at radius 1 is 1.19 bits per heavy atom. The molecule has 4 rings (SSSR count). The zero-order valence-corrected chi connectivity index (χ0v) is 22.6. The second kappa shape index (κ2) is 10.7. The van der Waals surface area contributed by atoms with Gasteiger partial charge in [0.15, 0.2) is 0 Å². The van der Waals surface area contributed by atoms with Crippen molar-refractivity contribution in [2.24, 2.45) is 0 Å². The highest BCUT2D eigenvalue weighted by atomic mass is 32.2. The predicted octanol–water partition coefficient (Wildman–Crippen LogP) is 5.45. The number of hydrogen-bond acceptors (Lipinski definition) is 4. The molecule has 9 heteroatoms. The fraction of sp³-hybridized carbons (Fsp3) is 0.393. The fourth-order valence-corrected chi connectivity index (χ4v) is 5.69. The van der Waals surface area contributed by atoms with Gasteiger partial charge in [-0.3, -0.25) is 14.5 Å². The molecule has 0 saturated heterocycles. The monoisotopic (exact) mass is 526 g/mol. The molecule has 1 aromatic heterocycles. The number of thioether (sulfide) groups is 1. The van der Waals surface area contributed by atoms with Crippen LogP contribution in [0.15, 0.2) is 42.5 Å².